The van der Waals surface area contributed by atoms with Crippen molar-refractivity contribution in [2.24, 2.45) is 0 Å². The molecular formula is C13H12F2N2O3S. The Morgan fingerprint density at radius 3 is 2.81 bits per heavy atom. The average Bonchev–Trinajstić information content (AvgIpc) is 2.42. The van der Waals surface area contributed by atoms with Crippen molar-refractivity contribution in [2.45, 2.75) is 12.2 Å². The minimum Gasteiger partial charge on any atom is -0.322 e. The highest BCUT2D eigenvalue weighted by Gasteiger charge is 2.33. The van der Waals surface area contributed by atoms with Crippen LogP contribution in [0.2, 0.25) is 0 Å². The number of carbonyl (C=O) groups excluding carboxylic acids is 3. The van der Waals surface area contributed by atoms with Gasteiger partial charge in [-0.05, 0) is 19.1 Å². The fourth-order valence-electron chi connectivity index (χ4n) is 1.78. The van der Waals surface area contributed by atoms with Crippen molar-refractivity contribution >= 4 is 35.2 Å². The van der Waals surface area contributed by atoms with Crippen molar-refractivity contribution in [1.82, 2.24) is 4.90 Å². The van der Waals surface area contributed by atoms with Crippen molar-refractivity contribution in [3.8, 4) is 0 Å². The smallest absolute Gasteiger partial charge is 0.244 e. The maximum absolute atomic E-state index is 13.4. The van der Waals surface area contributed by atoms with Crippen molar-refractivity contribution in [1.29, 1.82) is 0 Å². The molecule has 0 saturated carbocycles. The lowest BCUT2D eigenvalue weighted by molar-refractivity contribution is -0.145. The van der Waals surface area contributed by atoms with E-state index in [4.69, 9.17) is 0 Å². The number of benzene rings is 1. The first-order valence-corrected chi connectivity index (χ1v) is 7.14. The molecule has 0 bridgehead atoms. The van der Waals surface area contributed by atoms with Crippen LogP contribution in [0, 0.1) is 11.6 Å². The topological polar surface area (TPSA) is 66.5 Å². The second kappa shape index (κ2) is 6.21. The second-order valence-electron chi connectivity index (χ2n) is 4.44. The van der Waals surface area contributed by atoms with Gasteiger partial charge in [0.05, 0.1) is 16.7 Å². The highest BCUT2D eigenvalue weighted by Crippen LogP contribution is 2.20. The third-order valence-corrected chi connectivity index (χ3v) is 3.99. The molecule has 1 aromatic carbocycles. The Morgan fingerprint density at radius 1 is 1.43 bits per heavy atom. The summed E-state index contributed by atoms with van der Waals surface area (Å²) in [5, 5.41) is 1.80. The maximum Gasteiger partial charge on any atom is 0.244 e. The Balaban J connectivity index is 2.04. The summed E-state index contributed by atoms with van der Waals surface area (Å²) in [6, 6.07) is 2.70. The van der Waals surface area contributed by atoms with Crippen LogP contribution < -0.4 is 5.32 Å². The summed E-state index contributed by atoms with van der Waals surface area (Å²) < 4.78 is 26.1. The number of amides is 3. The lowest BCUT2D eigenvalue weighted by atomic mass is 10.3. The Kier molecular flexibility index (Phi) is 4.56. The van der Waals surface area contributed by atoms with E-state index in [2.05, 4.69) is 5.32 Å². The van der Waals surface area contributed by atoms with Crippen LogP contribution in [-0.2, 0) is 14.4 Å². The number of nitrogens with zero attached hydrogens (tertiary/aromatic N) is 1. The van der Waals surface area contributed by atoms with E-state index in [1.807, 2.05) is 0 Å². The number of thioether (sulfide) groups is 1. The largest absolute Gasteiger partial charge is 0.322 e. The third kappa shape index (κ3) is 3.57. The Labute approximate surface area is 123 Å². The molecule has 2 rings (SSSR count). The molecule has 1 aromatic rings. The van der Waals surface area contributed by atoms with Gasteiger partial charge < -0.3 is 5.32 Å². The van der Waals surface area contributed by atoms with Gasteiger partial charge in [-0.25, -0.2) is 8.78 Å². The van der Waals surface area contributed by atoms with Crippen LogP contribution >= 0.6 is 11.8 Å². The minimum absolute atomic E-state index is 0.116. The zero-order valence-corrected chi connectivity index (χ0v) is 11.9. The number of hydrogen-bond donors (Lipinski definition) is 1. The summed E-state index contributed by atoms with van der Waals surface area (Å²) in [5.41, 5.74) is -0.208. The molecule has 5 nitrogen and oxygen atoms in total. The van der Waals surface area contributed by atoms with Gasteiger partial charge in [-0.3, -0.25) is 19.3 Å². The molecule has 1 atom stereocenters. The Bertz CT molecular complexity index is 609. The molecule has 1 aliphatic rings. The molecule has 0 spiro atoms. The molecule has 3 amide bonds. The fourth-order valence-corrected chi connectivity index (χ4v) is 2.60. The predicted molar refractivity (Wildman–Crippen MR) is 73.6 cm³/mol. The van der Waals surface area contributed by atoms with E-state index in [9.17, 15) is 23.2 Å². The monoisotopic (exact) mass is 314 g/mol. The van der Waals surface area contributed by atoms with Crippen molar-refractivity contribution < 1.29 is 23.2 Å². The standard InChI is InChI=1S/C13H12F2N2O3S/c1-7-13(20)17(12(19)6-21-7)5-11(18)16-10-3-2-8(14)4-9(10)15/h2-4,7H,5-6H2,1H3,(H,16,18)/t7-/m0/s1. The molecule has 8 heteroatoms. The van der Waals surface area contributed by atoms with Crippen molar-refractivity contribution in [2.75, 3.05) is 17.6 Å². The Hall–Kier alpha value is -1.96. The first-order valence-electron chi connectivity index (χ1n) is 6.09. The van der Waals surface area contributed by atoms with Crippen molar-refractivity contribution in [3.05, 3.63) is 29.8 Å². The summed E-state index contributed by atoms with van der Waals surface area (Å²) in [4.78, 5) is 36.1. The van der Waals surface area contributed by atoms with Crippen LogP contribution in [0.5, 0.6) is 0 Å². The molecule has 1 saturated heterocycles. The third-order valence-electron chi connectivity index (χ3n) is 2.88. The van der Waals surface area contributed by atoms with E-state index in [1.165, 1.54) is 11.8 Å². The van der Waals surface area contributed by atoms with E-state index in [1.54, 1.807) is 6.92 Å². The fraction of sp³-hybridized carbons (Fsp3) is 0.308. The van der Waals surface area contributed by atoms with Gasteiger partial charge in [0.1, 0.15) is 18.2 Å². The molecule has 0 aromatic heterocycles. The molecule has 112 valence electrons. The quantitative estimate of drug-likeness (QED) is 0.856. The molecule has 1 heterocycles. The van der Waals surface area contributed by atoms with E-state index < -0.39 is 41.2 Å². The number of anilines is 1. The SMILES string of the molecule is C[C@@H]1SCC(=O)N(CC(=O)Nc2ccc(F)cc2F)C1=O. The number of nitrogens with one attached hydrogen (secondary N) is 1. The van der Waals surface area contributed by atoms with Crippen LogP contribution in [0.3, 0.4) is 0 Å². The van der Waals surface area contributed by atoms with Gasteiger partial charge in [-0.2, -0.15) is 0 Å². The normalized spacial score (nSPS) is 18.8. The van der Waals surface area contributed by atoms with Crippen LogP contribution in [0.1, 0.15) is 6.92 Å². The van der Waals surface area contributed by atoms with E-state index >= 15 is 0 Å². The maximum atomic E-state index is 13.4. The molecular weight excluding hydrogens is 302 g/mol. The van der Waals surface area contributed by atoms with Gasteiger partial charge >= 0.3 is 0 Å². The van der Waals surface area contributed by atoms with Crippen LogP contribution in [0.25, 0.3) is 0 Å². The molecule has 0 radical (unpaired) electrons. The molecule has 0 unspecified atom stereocenters. The van der Waals surface area contributed by atoms with Crippen molar-refractivity contribution in [3.63, 3.8) is 0 Å². The van der Waals surface area contributed by atoms with Gasteiger partial charge in [0.2, 0.25) is 17.7 Å². The summed E-state index contributed by atoms with van der Waals surface area (Å²) in [6.07, 6.45) is 0. The second-order valence-corrected chi connectivity index (χ2v) is 5.77. The Morgan fingerprint density at radius 2 is 2.14 bits per heavy atom. The first-order chi connectivity index (χ1) is 9.88. The number of halogens is 2. The van der Waals surface area contributed by atoms with Gasteiger partial charge in [-0.1, -0.05) is 0 Å². The van der Waals surface area contributed by atoms with E-state index in [0.29, 0.717) is 6.07 Å². The molecule has 1 fully saturated rings. The predicted octanol–water partition coefficient (Wildman–Crippen LogP) is 1.39. The summed E-state index contributed by atoms with van der Waals surface area (Å²) in [6.45, 7) is 1.16. The molecule has 0 aliphatic carbocycles. The molecule has 1 N–H and O–H groups in total. The number of imide groups is 1. The van der Waals surface area contributed by atoms with Gasteiger partial charge in [-0.15, -0.1) is 11.8 Å². The molecule has 21 heavy (non-hydrogen) atoms. The summed E-state index contributed by atoms with van der Waals surface area (Å²) in [5.74, 6) is -3.21. The van der Waals surface area contributed by atoms with Gasteiger partial charge in [0, 0.05) is 6.07 Å². The van der Waals surface area contributed by atoms with Crippen LogP contribution in [0.4, 0.5) is 14.5 Å². The summed E-state index contributed by atoms with van der Waals surface area (Å²) >= 11 is 1.20. The lowest BCUT2D eigenvalue weighted by Crippen LogP contribution is -2.49. The average molecular weight is 314 g/mol. The summed E-state index contributed by atoms with van der Waals surface area (Å²) in [7, 11) is 0. The number of hydrogen-bond acceptors (Lipinski definition) is 4. The van der Waals surface area contributed by atoms with E-state index in [0.717, 1.165) is 17.0 Å². The van der Waals surface area contributed by atoms with Gasteiger partial charge in [0.25, 0.3) is 0 Å². The first kappa shape index (κ1) is 15.4. The van der Waals surface area contributed by atoms with Crippen LogP contribution in [-0.4, -0.2) is 40.2 Å². The highest BCUT2D eigenvalue weighted by molar-refractivity contribution is 8.01. The highest BCUT2D eigenvalue weighted by atomic mass is 32.2. The zero-order chi connectivity index (χ0) is 15.6. The lowest BCUT2D eigenvalue weighted by Gasteiger charge is -2.27. The minimum atomic E-state index is -0.927. The number of carbonyl (C=O) groups is 3. The number of rotatable bonds is 3. The zero-order valence-electron chi connectivity index (χ0n) is 11.1. The van der Waals surface area contributed by atoms with Gasteiger partial charge in [0.15, 0.2) is 0 Å². The van der Waals surface area contributed by atoms with Crippen LogP contribution in [0.15, 0.2) is 18.2 Å². The van der Waals surface area contributed by atoms with E-state index in [-0.39, 0.29) is 11.4 Å². The molecule has 1 aliphatic heterocycles.